The molecule has 8 nitrogen and oxygen atoms in total. The summed E-state index contributed by atoms with van der Waals surface area (Å²) in [4.78, 5) is 26.4. The Morgan fingerprint density at radius 3 is 2.67 bits per heavy atom. The van der Waals surface area contributed by atoms with Gasteiger partial charge in [-0.05, 0) is 63.2 Å². The van der Waals surface area contributed by atoms with Crippen molar-refractivity contribution in [1.82, 2.24) is 20.4 Å². The molecule has 1 aliphatic rings. The highest BCUT2D eigenvalue weighted by atomic mass is 32.1. The van der Waals surface area contributed by atoms with Crippen LogP contribution in [0.3, 0.4) is 0 Å². The summed E-state index contributed by atoms with van der Waals surface area (Å²) in [6.45, 7) is 3.98. The van der Waals surface area contributed by atoms with E-state index in [0.717, 1.165) is 37.4 Å². The van der Waals surface area contributed by atoms with Crippen LogP contribution in [0.2, 0.25) is 0 Å². The van der Waals surface area contributed by atoms with Gasteiger partial charge in [0, 0.05) is 12.2 Å². The van der Waals surface area contributed by atoms with E-state index >= 15 is 0 Å². The normalized spacial score (nSPS) is 14.4. The molecule has 2 heterocycles. The van der Waals surface area contributed by atoms with Crippen molar-refractivity contribution < 1.29 is 18.7 Å². The predicted molar refractivity (Wildman–Crippen MR) is 112 cm³/mol. The Labute approximate surface area is 178 Å². The van der Waals surface area contributed by atoms with Crippen LogP contribution in [0, 0.1) is 5.82 Å². The first-order chi connectivity index (χ1) is 14.6. The van der Waals surface area contributed by atoms with Gasteiger partial charge in [0.05, 0.1) is 0 Å². The summed E-state index contributed by atoms with van der Waals surface area (Å²) < 4.78 is 18.3. The van der Waals surface area contributed by atoms with Crippen molar-refractivity contribution in [2.45, 2.75) is 32.3 Å². The largest absolute Gasteiger partial charge is 0.364 e. The summed E-state index contributed by atoms with van der Waals surface area (Å²) in [5, 5.41) is 13.9. The zero-order chi connectivity index (χ0) is 21.2. The number of aromatic nitrogens is 2. The maximum absolute atomic E-state index is 12.9. The number of carbonyl (C=O) groups is 2. The van der Waals surface area contributed by atoms with Crippen molar-refractivity contribution in [1.29, 1.82) is 0 Å². The van der Waals surface area contributed by atoms with Gasteiger partial charge in [-0.15, -0.1) is 10.2 Å². The molecule has 0 radical (unpaired) electrons. The number of halogens is 1. The average molecular weight is 436 g/mol. The lowest BCUT2D eigenvalue weighted by Crippen LogP contribution is -2.34. The third kappa shape index (κ3) is 7.43. The number of nitrogens with one attached hydrogen (secondary N) is 2. The van der Waals surface area contributed by atoms with Crippen LogP contribution in [0.25, 0.3) is 0 Å². The van der Waals surface area contributed by atoms with Gasteiger partial charge in [-0.2, -0.15) is 0 Å². The Morgan fingerprint density at radius 2 is 1.90 bits per heavy atom. The van der Waals surface area contributed by atoms with Gasteiger partial charge in [0.2, 0.25) is 10.9 Å². The highest BCUT2D eigenvalue weighted by molar-refractivity contribution is 7.13. The number of nitrogens with zero attached hydrogens (tertiary/aromatic N) is 3. The molecule has 2 aromatic rings. The van der Waals surface area contributed by atoms with Crippen LogP contribution in [0.15, 0.2) is 24.3 Å². The van der Waals surface area contributed by atoms with Gasteiger partial charge in [0.1, 0.15) is 24.0 Å². The number of benzene rings is 1. The first-order valence-corrected chi connectivity index (χ1v) is 10.9. The highest BCUT2D eigenvalue weighted by Crippen LogP contribution is 2.14. The number of anilines is 1. The van der Waals surface area contributed by atoms with Gasteiger partial charge in [-0.25, -0.2) is 4.39 Å². The topological polar surface area (TPSA) is 96.5 Å². The fraction of sp³-hybridized carbons (Fsp3) is 0.500. The van der Waals surface area contributed by atoms with Crippen molar-refractivity contribution in [2.24, 2.45) is 0 Å². The van der Waals surface area contributed by atoms with Crippen molar-refractivity contribution in [3.63, 3.8) is 0 Å². The van der Waals surface area contributed by atoms with E-state index < -0.39 is 5.91 Å². The molecule has 2 N–H and O–H groups in total. The van der Waals surface area contributed by atoms with Gasteiger partial charge in [-0.1, -0.05) is 17.8 Å². The summed E-state index contributed by atoms with van der Waals surface area (Å²) in [7, 11) is 0. The molecule has 1 aromatic heterocycles. The molecule has 2 amide bonds. The van der Waals surface area contributed by atoms with Crippen molar-refractivity contribution >= 4 is 28.8 Å². The molecule has 0 aliphatic carbocycles. The highest BCUT2D eigenvalue weighted by Gasteiger charge is 2.14. The molecule has 0 saturated carbocycles. The summed E-state index contributed by atoms with van der Waals surface area (Å²) >= 11 is 1.08. The first kappa shape index (κ1) is 22.3. The quantitative estimate of drug-likeness (QED) is 0.557. The second kappa shape index (κ2) is 11.7. The van der Waals surface area contributed by atoms with E-state index in [2.05, 4.69) is 25.7 Å². The maximum Gasteiger partial charge on any atom is 0.286 e. The molecule has 1 saturated heterocycles. The Kier molecular flexibility index (Phi) is 8.66. The van der Waals surface area contributed by atoms with Gasteiger partial charge < -0.3 is 20.3 Å². The Balaban J connectivity index is 1.30. The molecule has 1 aliphatic heterocycles. The van der Waals surface area contributed by atoms with Crippen LogP contribution in [0.4, 0.5) is 10.1 Å². The summed E-state index contributed by atoms with van der Waals surface area (Å²) in [5.74, 6) is -0.987. The van der Waals surface area contributed by atoms with E-state index in [-0.39, 0.29) is 29.9 Å². The molecule has 0 spiro atoms. The monoisotopic (exact) mass is 435 g/mol. The van der Waals surface area contributed by atoms with Crippen molar-refractivity contribution in [2.75, 3.05) is 38.1 Å². The minimum Gasteiger partial charge on any atom is -0.364 e. The van der Waals surface area contributed by atoms with Gasteiger partial charge in [0.25, 0.3) is 5.91 Å². The summed E-state index contributed by atoms with van der Waals surface area (Å²) in [6, 6.07) is 5.44. The molecule has 162 valence electrons. The first-order valence-electron chi connectivity index (χ1n) is 10.1. The van der Waals surface area contributed by atoms with Crippen molar-refractivity contribution in [3.8, 4) is 0 Å². The Morgan fingerprint density at radius 1 is 1.13 bits per heavy atom. The zero-order valence-electron chi connectivity index (χ0n) is 16.7. The molecule has 0 bridgehead atoms. The molecule has 0 unspecified atom stereocenters. The lowest BCUT2D eigenvalue weighted by molar-refractivity contribution is -0.126. The molecule has 10 heteroatoms. The number of hydrogen-bond donors (Lipinski definition) is 2. The van der Waals surface area contributed by atoms with E-state index in [4.69, 9.17) is 4.74 Å². The second-order valence-electron chi connectivity index (χ2n) is 7.06. The van der Waals surface area contributed by atoms with Gasteiger partial charge >= 0.3 is 0 Å². The van der Waals surface area contributed by atoms with E-state index in [1.807, 2.05) is 0 Å². The fourth-order valence-electron chi connectivity index (χ4n) is 3.12. The maximum atomic E-state index is 12.9. The van der Waals surface area contributed by atoms with Crippen LogP contribution in [0.1, 0.15) is 40.5 Å². The average Bonchev–Trinajstić information content (AvgIpc) is 3.23. The lowest BCUT2D eigenvalue weighted by atomic mass is 10.1. The molecular formula is C20H26FN5O3S. The third-order valence-corrected chi connectivity index (χ3v) is 5.54. The Bertz CT molecular complexity index is 824. The number of carbonyl (C=O) groups excluding carboxylic acids is 2. The fourth-order valence-corrected chi connectivity index (χ4v) is 3.79. The summed E-state index contributed by atoms with van der Waals surface area (Å²) in [5.41, 5.74) is 0.464. The van der Waals surface area contributed by atoms with Crippen LogP contribution in [-0.2, 0) is 16.1 Å². The predicted octanol–water partition coefficient (Wildman–Crippen LogP) is 2.44. The molecule has 0 atom stereocenters. The van der Waals surface area contributed by atoms with Crippen LogP contribution >= 0.6 is 11.3 Å². The van der Waals surface area contributed by atoms with Gasteiger partial charge in [0.15, 0.2) is 0 Å². The van der Waals surface area contributed by atoms with E-state index in [1.165, 1.54) is 43.5 Å². The minimum atomic E-state index is -0.434. The molecule has 30 heavy (non-hydrogen) atoms. The molecule has 3 rings (SSSR count). The zero-order valence-corrected chi connectivity index (χ0v) is 17.5. The second-order valence-corrected chi connectivity index (χ2v) is 8.12. The van der Waals surface area contributed by atoms with E-state index in [1.54, 1.807) is 0 Å². The van der Waals surface area contributed by atoms with E-state index in [0.29, 0.717) is 17.2 Å². The standard InChI is InChI=1S/C20H26FN5O3S/c21-15-5-7-16(8-6-15)23-19(28)20-25-24-18(30-20)14-29-13-17(27)22-9-4-12-26-10-2-1-3-11-26/h5-8H,1-4,9-14H2,(H,22,27)(H,23,28). The number of ether oxygens (including phenoxy) is 1. The van der Waals surface area contributed by atoms with Crippen molar-refractivity contribution in [3.05, 3.63) is 40.1 Å². The van der Waals surface area contributed by atoms with Gasteiger partial charge in [-0.3, -0.25) is 9.59 Å². The third-order valence-electron chi connectivity index (χ3n) is 4.64. The number of rotatable bonds is 10. The number of piperidine rings is 1. The van der Waals surface area contributed by atoms with Crippen LogP contribution in [-0.4, -0.2) is 59.7 Å². The Hall–Kier alpha value is -2.43. The van der Waals surface area contributed by atoms with E-state index in [9.17, 15) is 14.0 Å². The molecular weight excluding hydrogens is 409 g/mol. The molecule has 1 fully saturated rings. The van der Waals surface area contributed by atoms with Crippen LogP contribution < -0.4 is 10.6 Å². The SMILES string of the molecule is O=C(COCc1nnc(C(=O)Nc2ccc(F)cc2)s1)NCCCN1CCCCC1. The number of amides is 2. The number of likely N-dealkylation sites (tertiary alicyclic amines) is 1. The number of hydrogen-bond acceptors (Lipinski definition) is 7. The lowest BCUT2D eigenvalue weighted by Gasteiger charge is -2.26. The minimum absolute atomic E-state index is 0.0690. The summed E-state index contributed by atoms with van der Waals surface area (Å²) in [6.07, 6.45) is 4.77. The molecule has 1 aromatic carbocycles. The van der Waals surface area contributed by atoms with Crippen LogP contribution in [0.5, 0.6) is 0 Å². The smallest absolute Gasteiger partial charge is 0.286 e.